The molecule has 2 N–H and O–H groups in total. The largest absolute Gasteiger partial charge is 0.493 e. The van der Waals surface area contributed by atoms with Crippen LogP contribution in [0.25, 0.3) is 0 Å². The Bertz CT molecular complexity index is 355. The van der Waals surface area contributed by atoms with Crippen LogP contribution in [0.15, 0.2) is 24.3 Å². The molecule has 0 bridgehead atoms. The summed E-state index contributed by atoms with van der Waals surface area (Å²) in [7, 11) is 0. The van der Waals surface area contributed by atoms with Crippen molar-refractivity contribution in [2.45, 2.75) is 25.7 Å². The summed E-state index contributed by atoms with van der Waals surface area (Å²) in [6.07, 6.45) is 4.21. The molecular weight excluding hydrogens is 238 g/mol. The van der Waals surface area contributed by atoms with Crippen molar-refractivity contribution in [3.05, 3.63) is 29.8 Å². The van der Waals surface area contributed by atoms with Gasteiger partial charge in [0.15, 0.2) is 0 Å². The number of unbranched alkanes of at least 4 members (excludes halogenated alkanes) is 3. The summed E-state index contributed by atoms with van der Waals surface area (Å²) in [5.74, 6) is 0.825. The Kier molecular flexibility index (Phi) is 6.48. The third kappa shape index (κ3) is 5.09. The van der Waals surface area contributed by atoms with Gasteiger partial charge in [-0.2, -0.15) is 0 Å². The van der Waals surface area contributed by atoms with E-state index in [2.05, 4.69) is 0 Å². The highest BCUT2D eigenvalue weighted by molar-refractivity contribution is 6.17. The molecule has 0 aliphatic heterocycles. The fourth-order valence-corrected chi connectivity index (χ4v) is 1.72. The molecule has 0 heterocycles. The third-order valence-corrected chi connectivity index (χ3v) is 2.71. The van der Waals surface area contributed by atoms with Crippen LogP contribution in [0.4, 0.5) is 0 Å². The van der Waals surface area contributed by atoms with Crippen molar-refractivity contribution in [3.8, 4) is 5.75 Å². The van der Waals surface area contributed by atoms with E-state index in [1.807, 2.05) is 6.07 Å². The van der Waals surface area contributed by atoms with Gasteiger partial charge in [0.05, 0.1) is 12.2 Å². The van der Waals surface area contributed by atoms with E-state index in [0.29, 0.717) is 23.8 Å². The summed E-state index contributed by atoms with van der Waals surface area (Å²) in [6, 6.07) is 7.03. The highest BCUT2D eigenvalue weighted by Crippen LogP contribution is 2.17. The fourth-order valence-electron chi connectivity index (χ4n) is 1.53. The van der Waals surface area contributed by atoms with Crippen molar-refractivity contribution < 1.29 is 9.53 Å². The average molecular weight is 256 g/mol. The van der Waals surface area contributed by atoms with Gasteiger partial charge in [0.2, 0.25) is 0 Å². The Morgan fingerprint density at radius 2 is 1.88 bits per heavy atom. The van der Waals surface area contributed by atoms with Gasteiger partial charge in [-0.15, -0.1) is 11.6 Å². The maximum Gasteiger partial charge on any atom is 0.252 e. The number of hydrogen-bond donors (Lipinski definition) is 1. The normalized spacial score (nSPS) is 10.2. The Labute approximate surface area is 107 Å². The van der Waals surface area contributed by atoms with Crippen molar-refractivity contribution in [1.82, 2.24) is 0 Å². The van der Waals surface area contributed by atoms with Crippen LogP contribution in [0.5, 0.6) is 5.75 Å². The van der Waals surface area contributed by atoms with E-state index in [1.54, 1.807) is 18.2 Å². The molecule has 1 aromatic rings. The van der Waals surface area contributed by atoms with Crippen molar-refractivity contribution in [2.75, 3.05) is 12.5 Å². The average Bonchev–Trinajstić information content (AvgIpc) is 2.34. The standard InChI is InChI=1S/C13H18ClNO2/c14-9-5-1-2-6-10-17-12-8-4-3-7-11(12)13(15)16/h3-4,7-8H,1-2,5-6,9-10H2,(H2,15,16). The van der Waals surface area contributed by atoms with Gasteiger partial charge in [-0.25, -0.2) is 0 Å². The minimum absolute atomic E-state index is 0.438. The summed E-state index contributed by atoms with van der Waals surface area (Å²) in [5.41, 5.74) is 5.69. The number of rotatable bonds is 8. The quantitative estimate of drug-likeness (QED) is 0.574. The van der Waals surface area contributed by atoms with Gasteiger partial charge < -0.3 is 10.5 Å². The van der Waals surface area contributed by atoms with E-state index < -0.39 is 5.91 Å². The van der Waals surface area contributed by atoms with Gasteiger partial charge in [-0.3, -0.25) is 4.79 Å². The van der Waals surface area contributed by atoms with E-state index in [9.17, 15) is 4.79 Å². The molecule has 0 unspecified atom stereocenters. The van der Waals surface area contributed by atoms with Gasteiger partial charge in [-0.05, 0) is 25.0 Å². The third-order valence-electron chi connectivity index (χ3n) is 2.44. The Morgan fingerprint density at radius 3 is 2.59 bits per heavy atom. The topological polar surface area (TPSA) is 52.3 Å². The molecule has 0 saturated heterocycles. The van der Waals surface area contributed by atoms with Gasteiger partial charge in [-0.1, -0.05) is 25.0 Å². The van der Waals surface area contributed by atoms with E-state index in [0.717, 1.165) is 25.7 Å². The van der Waals surface area contributed by atoms with Crippen LogP contribution in [0.1, 0.15) is 36.0 Å². The molecule has 0 aromatic heterocycles. The predicted molar refractivity (Wildman–Crippen MR) is 69.6 cm³/mol. The van der Waals surface area contributed by atoms with Crippen LogP contribution < -0.4 is 10.5 Å². The summed E-state index contributed by atoms with van der Waals surface area (Å²) in [6.45, 7) is 0.604. The summed E-state index contributed by atoms with van der Waals surface area (Å²) in [5, 5.41) is 0. The molecule has 0 spiro atoms. The van der Waals surface area contributed by atoms with E-state index in [4.69, 9.17) is 22.1 Å². The second kappa shape index (κ2) is 7.96. The zero-order chi connectivity index (χ0) is 12.5. The molecule has 94 valence electrons. The number of alkyl halides is 1. The number of hydrogen-bond acceptors (Lipinski definition) is 2. The SMILES string of the molecule is NC(=O)c1ccccc1OCCCCCCCl. The first-order valence-electron chi connectivity index (χ1n) is 5.83. The maximum absolute atomic E-state index is 11.1. The van der Waals surface area contributed by atoms with E-state index >= 15 is 0 Å². The number of ether oxygens (including phenoxy) is 1. The van der Waals surface area contributed by atoms with Crippen molar-refractivity contribution in [2.24, 2.45) is 5.73 Å². The lowest BCUT2D eigenvalue weighted by atomic mass is 10.2. The van der Waals surface area contributed by atoms with Crippen LogP contribution in [0.3, 0.4) is 0 Å². The smallest absolute Gasteiger partial charge is 0.252 e. The molecule has 3 nitrogen and oxygen atoms in total. The molecule has 1 aromatic carbocycles. The van der Waals surface area contributed by atoms with E-state index in [-0.39, 0.29) is 0 Å². The maximum atomic E-state index is 11.1. The lowest BCUT2D eigenvalue weighted by molar-refractivity contribution is 0.0996. The lowest BCUT2D eigenvalue weighted by Crippen LogP contribution is -2.13. The second-order valence-corrected chi connectivity index (χ2v) is 4.19. The van der Waals surface area contributed by atoms with Crippen LogP contribution in [0, 0.1) is 0 Å². The zero-order valence-electron chi connectivity index (χ0n) is 9.82. The van der Waals surface area contributed by atoms with E-state index in [1.165, 1.54) is 0 Å². The number of primary amides is 1. The molecule has 4 heteroatoms. The van der Waals surface area contributed by atoms with Crippen molar-refractivity contribution >= 4 is 17.5 Å². The summed E-state index contributed by atoms with van der Waals surface area (Å²) >= 11 is 5.58. The lowest BCUT2D eigenvalue weighted by Gasteiger charge is -2.08. The first-order chi connectivity index (χ1) is 8.25. The second-order valence-electron chi connectivity index (χ2n) is 3.81. The molecule has 0 saturated carbocycles. The van der Waals surface area contributed by atoms with Crippen LogP contribution in [0.2, 0.25) is 0 Å². The highest BCUT2D eigenvalue weighted by atomic mass is 35.5. The van der Waals surface area contributed by atoms with Gasteiger partial charge >= 0.3 is 0 Å². The first-order valence-corrected chi connectivity index (χ1v) is 6.36. The first kappa shape index (κ1) is 13.8. The van der Waals surface area contributed by atoms with Crippen LogP contribution in [-0.4, -0.2) is 18.4 Å². The number of amides is 1. The number of carbonyl (C=O) groups excluding carboxylic acids is 1. The Balaban J connectivity index is 2.34. The monoisotopic (exact) mass is 255 g/mol. The fraction of sp³-hybridized carbons (Fsp3) is 0.462. The molecule has 0 aliphatic carbocycles. The van der Waals surface area contributed by atoms with Gasteiger partial charge in [0, 0.05) is 5.88 Å². The predicted octanol–water partition coefficient (Wildman–Crippen LogP) is 2.96. The van der Waals surface area contributed by atoms with Crippen molar-refractivity contribution in [3.63, 3.8) is 0 Å². The minimum Gasteiger partial charge on any atom is -0.493 e. The van der Waals surface area contributed by atoms with Crippen molar-refractivity contribution in [1.29, 1.82) is 0 Å². The zero-order valence-corrected chi connectivity index (χ0v) is 10.6. The summed E-state index contributed by atoms with van der Waals surface area (Å²) < 4.78 is 5.54. The van der Waals surface area contributed by atoms with Crippen LogP contribution in [-0.2, 0) is 0 Å². The minimum atomic E-state index is -0.456. The molecule has 1 rings (SSSR count). The van der Waals surface area contributed by atoms with Crippen LogP contribution >= 0.6 is 11.6 Å². The number of halogens is 1. The molecule has 0 fully saturated rings. The molecule has 17 heavy (non-hydrogen) atoms. The number of para-hydroxylation sites is 1. The summed E-state index contributed by atoms with van der Waals surface area (Å²) in [4.78, 5) is 11.1. The van der Waals surface area contributed by atoms with Gasteiger partial charge in [0.25, 0.3) is 5.91 Å². The number of carbonyl (C=O) groups is 1. The molecule has 1 amide bonds. The Morgan fingerprint density at radius 1 is 1.18 bits per heavy atom. The van der Waals surface area contributed by atoms with Gasteiger partial charge in [0.1, 0.15) is 5.75 Å². The molecule has 0 atom stereocenters. The number of nitrogens with two attached hydrogens (primary N) is 1. The molecule has 0 aliphatic rings. The molecular formula is C13H18ClNO2. The Hall–Kier alpha value is -1.22. The number of benzene rings is 1. The highest BCUT2D eigenvalue weighted by Gasteiger charge is 2.07. The molecule has 0 radical (unpaired) electrons.